The predicted molar refractivity (Wildman–Crippen MR) is 53.4 cm³/mol. The molecule has 2 heterocycles. The molecule has 0 bridgehead atoms. The van der Waals surface area contributed by atoms with Crippen LogP contribution in [0.25, 0.3) is 0 Å². The van der Waals surface area contributed by atoms with E-state index in [1.165, 1.54) is 24.1 Å². The summed E-state index contributed by atoms with van der Waals surface area (Å²) in [6.45, 7) is 2.36. The van der Waals surface area contributed by atoms with Crippen LogP contribution in [0.15, 0.2) is 36.4 Å². The molecule has 0 saturated heterocycles. The molecular weight excluding hydrogens is 158 g/mol. The summed E-state index contributed by atoms with van der Waals surface area (Å²) in [5.74, 6) is 0. The summed E-state index contributed by atoms with van der Waals surface area (Å²) in [6, 6.07) is 9.37. The zero-order valence-electron chi connectivity index (χ0n) is 7.61. The monoisotopic (exact) mass is 171 g/mol. The first-order valence-corrected chi connectivity index (χ1v) is 4.94. The van der Waals surface area contributed by atoms with Crippen molar-refractivity contribution in [3.63, 3.8) is 0 Å². The topological polar surface area (TPSA) is 3.24 Å². The summed E-state index contributed by atoms with van der Waals surface area (Å²) in [6.07, 6.45) is 5.86. The third kappa shape index (κ3) is 1.04. The average molecular weight is 171 g/mol. The lowest BCUT2D eigenvalue weighted by molar-refractivity contribution is 0.244. The second-order valence-corrected chi connectivity index (χ2v) is 3.83. The van der Waals surface area contributed by atoms with Gasteiger partial charge in [-0.15, -0.1) is 0 Å². The fraction of sp³-hybridized carbons (Fsp3) is 0.333. The molecule has 0 N–H and O–H groups in total. The minimum Gasteiger partial charge on any atom is -0.288 e. The highest BCUT2D eigenvalue weighted by Gasteiger charge is 2.28. The lowest BCUT2D eigenvalue weighted by Gasteiger charge is -2.25. The van der Waals surface area contributed by atoms with E-state index >= 15 is 0 Å². The maximum absolute atomic E-state index is 2.55. The van der Waals surface area contributed by atoms with Gasteiger partial charge in [-0.1, -0.05) is 36.4 Å². The van der Waals surface area contributed by atoms with E-state index in [1.54, 1.807) is 0 Å². The van der Waals surface area contributed by atoms with Gasteiger partial charge >= 0.3 is 0 Å². The molecule has 0 amide bonds. The summed E-state index contributed by atoms with van der Waals surface area (Å²) < 4.78 is 0. The zero-order valence-corrected chi connectivity index (χ0v) is 7.61. The zero-order chi connectivity index (χ0) is 8.67. The Morgan fingerprint density at radius 2 is 2.15 bits per heavy atom. The average Bonchev–Trinajstić information content (AvgIpc) is 2.56. The highest BCUT2D eigenvalue weighted by atomic mass is 15.2. The van der Waals surface area contributed by atoms with Gasteiger partial charge in [0.15, 0.2) is 0 Å². The molecule has 1 heteroatoms. The molecule has 13 heavy (non-hydrogen) atoms. The normalized spacial score (nSPS) is 25.7. The van der Waals surface area contributed by atoms with Crippen LogP contribution in [0.1, 0.15) is 23.6 Å². The maximum atomic E-state index is 2.55. The smallest absolute Gasteiger partial charge is 0.0538 e. The molecule has 0 fully saturated rings. The van der Waals surface area contributed by atoms with Crippen molar-refractivity contribution < 1.29 is 0 Å². The first-order valence-electron chi connectivity index (χ1n) is 4.94. The molecule has 0 spiro atoms. The molecule has 2 aliphatic heterocycles. The van der Waals surface area contributed by atoms with Crippen molar-refractivity contribution in [2.45, 2.75) is 19.0 Å². The van der Waals surface area contributed by atoms with E-state index in [-0.39, 0.29) is 0 Å². The molecule has 0 aliphatic carbocycles. The molecule has 1 atom stereocenters. The van der Waals surface area contributed by atoms with Crippen LogP contribution >= 0.6 is 0 Å². The van der Waals surface area contributed by atoms with Crippen molar-refractivity contribution in [2.75, 3.05) is 6.54 Å². The van der Waals surface area contributed by atoms with Crippen LogP contribution in [0.4, 0.5) is 0 Å². The molecule has 1 aromatic carbocycles. The Morgan fingerprint density at radius 1 is 1.23 bits per heavy atom. The highest BCUT2D eigenvalue weighted by Crippen LogP contribution is 2.36. The van der Waals surface area contributed by atoms with Crippen molar-refractivity contribution in [1.29, 1.82) is 0 Å². The molecule has 3 rings (SSSR count). The fourth-order valence-corrected chi connectivity index (χ4v) is 2.39. The van der Waals surface area contributed by atoms with E-state index < -0.39 is 0 Å². The van der Waals surface area contributed by atoms with E-state index in [2.05, 4.69) is 41.3 Å². The van der Waals surface area contributed by atoms with Crippen LogP contribution in [-0.4, -0.2) is 11.4 Å². The van der Waals surface area contributed by atoms with E-state index in [9.17, 15) is 0 Å². The SMILES string of the molecule is C1=CC2c3ccccc3CN2CC1. The van der Waals surface area contributed by atoms with Gasteiger partial charge in [-0.3, -0.25) is 4.90 Å². The molecule has 2 aliphatic rings. The Kier molecular flexibility index (Phi) is 1.53. The quantitative estimate of drug-likeness (QED) is 0.542. The summed E-state index contributed by atoms with van der Waals surface area (Å²) in [7, 11) is 0. The van der Waals surface area contributed by atoms with Crippen LogP contribution in [0, 0.1) is 0 Å². The number of benzene rings is 1. The third-order valence-electron chi connectivity index (χ3n) is 3.04. The van der Waals surface area contributed by atoms with Gasteiger partial charge < -0.3 is 0 Å². The first kappa shape index (κ1) is 7.34. The van der Waals surface area contributed by atoms with Crippen molar-refractivity contribution in [3.05, 3.63) is 47.5 Å². The van der Waals surface area contributed by atoms with Crippen molar-refractivity contribution in [3.8, 4) is 0 Å². The second-order valence-electron chi connectivity index (χ2n) is 3.83. The first-order chi connectivity index (χ1) is 6.45. The molecule has 1 unspecified atom stereocenters. The van der Waals surface area contributed by atoms with Crippen LogP contribution < -0.4 is 0 Å². The highest BCUT2D eigenvalue weighted by molar-refractivity contribution is 5.37. The van der Waals surface area contributed by atoms with Crippen molar-refractivity contribution in [1.82, 2.24) is 4.90 Å². The number of nitrogens with zero attached hydrogens (tertiary/aromatic N) is 1. The molecule has 0 aromatic heterocycles. The minimum atomic E-state index is 0.574. The van der Waals surface area contributed by atoms with Crippen LogP contribution in [0.2, 0.25) is 0 Å². The van der Waals surface area contributed by atoms with Crippen molar-refractivity contribution in [2.24, 2.45) is 0 Å². The van der Waals surface area contributed by atoms with Crippen LogP contribution in [0.5, 0.6) is 0 Å². The molecule has 1 aromatic rings. The number of hydrogen-bond donors (Lipinski definition) is 0. The van der Waals surface area contributed by atoms with Gasteiger partial charge in [0, 0.05) is 13.1 Å². The molecule has 1 nitrogen and oxygen atoms in total. The van der Waals surface area contributed by atoms with Gasteiger partial charge in [0.05, 0.1) is 6.04 Å². The Labute approximate surface area is 78.7 Å². The Balaban J connectivity index is 2.09. The third-order valence-corrected chi connectivity index (χ3v) is 3.04. The minimum absolute atomic E-state index is 0.574. The van der Waals surface area contributed by atoms with E-state index in [0.717, 1.165) is 6.54 Å². The lowest BCUT2D eigenvalue weighted by atomic mass is 10.0. The van der Waals surface area contributed by atoms with Gasteiger partial charge in [0.2, 0.25) is 0 Å². The van der Waals surface area contributed by atoms with Gasteiger partial charge in [0.1, 0.15) is 0 Å². The largest absolute Gasteiger partial charge is 0.288 e. The number of fused-ring (bicyclic) bond motifs is 3. The van der Waals surface area contributed by atoms with E-state index in [4.69, 9.17) is 0 Å². The molecule has 66 valence electrons. The molecule has 0 radical (unpaired) electrons. The van der Waals surface area contributed by atoms with Crippen molar-refractivity contribution >= 4 is 0 Å². The fourth-order valence-electron chi connectivity index (χ4n) is 2.39. The van der Waals surface area contributed by atoms with Crippen LogP contribution in [-0.2, 0) is 6.54 Å². The summed E-state index contributed by atoms with van der Waals surface area (Å²) in [5.41, 5.74) is 3.03. The van der Waals surface area contributed by atoms with Gasteiger partial charge in [-0.05, 0) is 17.5 Å². The Morgan fingerprint density at radius 3 is 3.15 bits per heavy atom. The van der Waals surface area contributed by atoms with Crippen LogP contribution in [0.3, 0.4) is 0 Å². The standard InChI is InChI=1S/C12H13N/c1-2-6-11-10(5-1)9-13-8-4-3-7-12(11)13/h1-3,5-7,12H,4,8-9H2. The Bertz CT molecular complexity index is 354. The molecular formula is C12H13N. The summed E-state index contributed by atoms with van der Waals surface area (Å²) >= 11 is 0. The van der Waals surface area contributed by atoms with Gasteiger partial charge in [0.25, 0.3) is 0 Å². The molecule has 0 saturated carbocycles. The van der Waals surface area contributed by atoms with Gasteiger partial charge in [-0.25, -0.2) is 0 Å². The van der Waals surface area contributed by atoms with E-state index in [0.29, 0.717) is 6.04 Å². The van der Waals surface area contributed by atoms with E-state index in [1.807, 2.05) is 0 Å². The second kappa shape index (κ2) is 2.71. The van der Waals surface area contributed by atoms with Gasteiger partial charge in [-0.2, -0.15) is 0 Å². The number of hydrogen-bond acceptors (Lipinski definition) is 1. The lowest BCUT2D eigenvalue weighted by Crippen LogP contribution is -2.24. The summed E-state index contributed by atoms with van der Waals surface area (Å²) in [5, 5.41) is 0. The summed E-state index contributed by atoms with van der Waals surface area (Å²) in [4.78, 5) is 2.55. The predicted octanol–water partition coefficient (Wildman–Crippen LogP) is 2.50. The maximum Gasteiger partial charge on any atom is 0.0538 e. The Hall–Kier alpha value is -1.08. The number of rotatable bonds is 0.